The minimum Gasteiger partial charge on any atom is -0.371 e. The van der Waals surface area contributed by atoms with Gasteiger partial charge in [0.2, 0.25) is 0 Å². The third kappa shape index (κ3) is 1.84. The summed E-state index contributed by atoms with van der Waals surface area (Å²) < 4.78 is 1.29. The van der Waals surface area contributed by atoms with Crippen molar-refractivity contribution < 1.29 is 0 Å². The van der Waals surface area contributed by atoms with Gasteiger partial charge in [0.15, 0.2) is 0 Å². The van der Waals surface area contributed by atoms with Crippen LogP contribution in [0, 0.1) is 0 Å². The highest BCUT2D eigenvalue weighted by molar-refractivity contribution is 9.11. The normalized spacial score (nSPS) is 20.2. The number of aliphatic imine (C=N–C) groups is 1. The lowest BCUT2D eigenvalue weighted by molar-refractivity contribution is 0.324. The number of nitrogens with one attached hydrogen (secondary N) is 1. The fraction of sp³-hybridized carbons (Fsp3) is 0.500. The van der Waals surface area contributed by atoms with Gasteiger partial charge in [-0.3, -0.25) is 9.89 Å². The number of hydrogen-bond donors (Lipinski definition) is 1. The molecule has 2 aliphatic rings. The first-order chi connectivity index (χ1) is 7.33. The van der Waals surface area contributed by atoms with E-state index < -0.39 is 0 Å². The van der Waals surface area contributed by atoms with E-state index in [1.807, 2.05) is 0 Å². The third-order valence-electron chi connectivity index (χ3n) is 2.82. The van der Waals surface area contributed by atoms with Gasteiger partial charge in [0, 0.05) is 19.6 Å². The van der Waals surface area contributed by atoms with Gasteiger partial charge in [-0.05, 0) is 32.4 Å². The van der Waals surface area contributed by atoms with Crippen molar-refractivity contribution in [2.75, 3.05) is 19.6 Å². The molecule has 15 heavy (non-hydrogen) atoms. The Hall–Kier alpha value is -0.390. The number of fused-ring (bicyclic) bond motifs is 1. The van der Waals surface area contributed by atoms with Gasteiger partial charge in [0.1, 0.15) is 5.84 Å². The maximum absolute atomic E-state index is 4.42. The van der Waals surface area contributed by atoms with Crippen LogP contribution < -0.4 is 5.32 Å². The minimum absolute atomic E-state index is 0.939. The molecule has 2 aliphatic heterocycles. The molecule has 5 heteroatoms. The molecule has 80 valence electrons. The van der Waals surface area contributed by atoms with E-state index in [1.165, 1.54) is 14.9 Å². The van der Waals surface area contributed by atoms with Gasteiger partial charge in [-0.15, -0.1) is 11.3 Å². The van der Waals surface area contributed by atoms with Crippen LogP contribution >= 0.6 is 27.3 Å². The summed E-state index contributed by atoms with van der Waals surface area (Å²) in [5, 5.41) is 5.57. The Morgan fingerprint density at radius 3 is 3.20 bits per heavy atom. The van der Waals surface area contributed by atoms with Gasteiger partial charge in [0.25, 0.3) is 0 Å². The summed E-state index contributed by atoms with van der Waals surface area (Å²) in [6, 6.07) is 0. The van der Waals surface area contributed by atoms with Crippen LogP contribution in [0.4, 0.5) is 0 Å². The Balaban J connectivity index is 1.68. The van der Waals surface area contributed by atoms with Crippen LogP contribution in [0.2, 0.25) is 0 Å². The van der Waals surface area contributed by atoms with Gasteiger partial charge >= 0.3 is 0 Å². The maximum Gasteiger partial charge on any atom is 0.111 e. The lowest BCUT2D eigenvalue weighted by Gasteiger charge is -2.14. The second-order valence-electron chi connectivity index (χ2n) is 3.91. The van der Waals surface area contributed by atoms with E-state index >= 15 is 0 Å². The summed E-state index contributed by atoms with van der Waals surface area (Å²) in [6.45, 7) is 5.03. The molecule has 0 radical (unpaired) electrons. The number of thiophene rings is 1. The number of halogens is 1. The highest BCUT2D eigenvalue weighted by atomic mass is 79.9. The van der Waals surface area contributed by atoms with E-state index in [4.69, 9.17) is 0 Å². The number of amidine groups is 1. The molecule has 0 unspecified atom stereocenters. The molecule has 3 nitrogen and oxygen atoms in total. The van der Waals surface area contributed by atoms with E-state index in [9.17, 15) is 0 Å². The van der Waals surface area contributed by atoms with Crippen molar-refractivity contribution in [3.63, 3.8) is 0 Å². The number of nitrogens with zero attached hydrogens (tertiary/aromatic N) is 2. The molecule has 1 N–H and O–H groups in total. The summed E-state index contributed by atoms with van der Waals surface area (Å²) in [4.78, 5) is 6.85. The zero-order valence-corrected chi connectivity index (χ0v) is 10.7. The van der Waals surface area contributed by atoms with Crippen molar-refractivity contribution in [2.24, 2.45) is 4.99 Å². The van der Waals surface area contributed by atoms with Gasteiger partial charge in [0.05, 0.1) is 16.9 Å². The predicted octanol–water partition coefficient (Wildman–Crippen LogP) is 1.83. The molecule has 0 atom stereocenters. The molecule has 3 heterocycles. The molecule has 0 aromatic carbocycles. The van der Waals surface area contributed by atoms with E-state index in [-0.39, 0.29) is 0 Å². The predicted molar refractivity (Wildman–Crippen MR) is 66.4 cm³/mol. The van der Waals surface area contributed by atoms with E-state index in [2.05, 4.69) is 36.5 Å². The van der Waals surface area contributed by atoms with E-state index in [0.717, 1.165) is 38.6 Å². The van der Waals surface area contributed by atoms with Crippen LogP contribution in [0.5, 0.6) is 0 Å². The molecule has 0 saturated heterocycles. The smallest absolute Gasteiger partial charge is 0.111 e. The fourth-order valence-electron chi connectivity index (χ4n) is 2.08. The summed E-state index contributed by atoms with van der Waals surface area (Å²) in [5.41, 5.74) is 2.95. The van der Waals surface area contributed by atoms with Crippen LogP contribution in [0.25, 0.3) is 0 Å². The van der Waals surface area contributed by atoms with Crippen molar-refractivity contribution >= 4 is 33.1 Å². The molecule has 0 saturated carbocycles. The summed E-state index contributed by atoms with van der Waals surface area (Å²) in [6.07, 6.45) is 0. The lowest BCUT2D eigenvalue weighted by Crippen LogP contribution is -2.31. The number of rotatable bonds is 2. The van der Waals surface area contributed by atoms with Crippen LogP contribution in [0.1, 0.15) is 11.1 Å². The highest BCUT2D eigenvalue weighted by Crippen LogP contribution is 2.34. The molecule has 0 bridgehead atoms. The summed E-state index contributed by atoms with van der Waals surface area (Å²) in [5.74, 6) is 1.15. The molecule has 1 aromatic rings. The first kappa shape index (κ1) is 9.81. The lowest BCUT2D eigenvalue weighted by atomic mass is 10.2. The molecule has 1 aromatic heterocycles. The first-order valence-electron chi connectivity index (χ1n) is 5.07. The SMILES string of the molecule is Brc1scc2c1CN(CC1=NCCN1)C2. The Bertz CT molecular complexity index is 413. The third-order valence-corrected chi connectivity index (χ3v) is 4.72. The Morgan fingerprint density at radius 2 is 2.47 bits per heavy atom. The minimum atomic E-state index is 0.939. The van der Waals surface area contributed by atoms with Gasteiger partial charge < -0.3 is 5.32 Å². The topological polar surface area (TPSA) is 27.6 Å². The van der Waals surface area contributed by atoms with Crippen molar-refractivity contribution in [2.45, 2.75) is 13.1 Å². The quantitative estimate of drug-likeness (QED) is 0.898. The Kier molecular flexibility index (Phi) is 2.54. The summed E-state index contributed by atoms with van der Waals surface area (Å²) >= 11 is 5.40. The Labute approximate surface area is 101 Å². The maximum atomic E-state index is 4.42. The zero-order chi connectivity index (χ0) is 10.3. The van der Waals surface area contributed by atoms with Crippen LogP contribution in [-0.4, -0.2) is 30.4 Å². The molecule has 0 amide bonds. The van der Waals surface area contributed by atoms with Crippen molar-refractivity contribution in [3.05, 3.63) is 20.3 Å². The second kappa shape index (κ2) is 3.88. The average molecular weight is 286 g/mol. The van der Waals surface area contributed by atoms with Gasteiger partial charge in [-0.25, -0.2) is 0 Å². The first-order valence-corrected chi connectivity index (χ1v) is 6.74. The zero-order valence-electron chi connectivity index (χ0n) is 8.29. The van der Waals surface area contributed by atoms with Crippen LogP contribution in [0.3, 0.4) is 0 Å². The number of hydrogen-bond acceptors (Lipinski definition) is 4. The van der Waals surface area contributed by atoms with Crippen LogP contribution in [-0.2, 0) is 13.1 Å². The van der Waals surface area contributed by atoms with E-state index in [1.54, 1.807) is 11.3 Å². The molecule has 0 aliphatic carbocycles. The Morgan fingerprint density at radius 1 is 1.53 bits per heavy atom. The molecule has 0 fully saturated rings. The van der Waals surface area contributed by atoms with Gasteiger partial charge in [-0.2, -0.15) is 0 Å². The molecule has 3 rings (SSSR count). The fourth-order valence-corrected chi connectivity index (χ4v) is 3.55. The highest BCUT2D eigenvalue weighted by Gasteiger charge is 2.23. The monoisotopic (exact) mass is 285 g/mol. The second-order valence-corrected chi connectivity index (χ2v) is 6.11. The van der Waals surface area contributed by atoms with Crippen molar-refractivity contribution in [3.8, 4) is 0 Å². The van der Waals surface area contributed by atoms with Crippen molar-refractivity contribution in [1.29, 1.82) is 0 Å². The van der Waals surface area contributed by atoms with Gasteiger partial charge in [-0.1, -0.05) is 0 Å². The van der Waals surface area contributed by atoms with Crippen molar-refractivity contribution in [1.82, 2.24) is 10.2 Å². The largest absolute Gasteiger partial charge is 0.371 e. The molecular weight excluding hydrogens is 274 g/mol. The molecule has 0 spiro atoms. The average Bonchev–Trinajstić information content (AvgIpc) is 2.88. The van der Waals surface area contributed by atoms with Crippen LogP contribution in [0.15, 0.2) is 14.2 Å². The standard InChI is InChI=1S/C10H12BrN3S/c11-10-8-4-14(3-7(8)6-15-10)5-9-12-1-2-13-9/h6H,1-5H2,(H,12,13). The molecular formula is C10H12BrN3S. The van der Waals surface area contributed by atoms with E-state index in [0.29, 0.717) is 0 Å². The summed E-state index contributed by atoms with van der Waals surface area (Å²) in [7, 11) is 0.